The second kappa shape index (κ2) is 7.14. The summed E-state index contributed by atoms with van der Waals surface area (Å²) in [5.41, 5.74) is 2.69. The predicted octanol–water partition coefficient (Wildman–Crippen LogP) is 3.15. The van der Waals surface area contributed by atoms with Crippen molar-refractivity contribution in [3.63, 3.8) is 0 Å². The van der Waals surface area contributed by atoms with Crippen LogP contribution in [0.15, 0.2) is 24.3 Å². The van der Waals surface area contributed by atoms with E-state index in [4.69, 9.17) is 4.74 Å². The fourth-order valence-electron chi connectivity index (χ4n) is 2.56. The molecule has 0 spiro atoms. The van der Waals surface area contributed by atoms with E-state index in [0.29, 0.717) is 0 Å². The molecule has 1 aliphatic heterocycles. The quantitative estimate of drug-likeness (QED) is 0.846. The van der Waals surface area contributed by atoms with Gasteiger partial charge in [-0.25, -0.2) is 0 Å². The summed E-state index contributed by atoms with van der Waals surface area (Å²) in [5.74, 6) is 2.16. The van der Waals surface area contributed by atoms with Gasteiger partial charge in [-0.05, 0) is 17.0 Å². The van der Waals surface area contributed by atoms with E-state index in [1.165, 1.54) is 18.2 Å². The molecule has 3 nitrogen and oxygen atoms in total. The summed E-state index contributed by atoms with van der Waals surface area (Å²) >= 11 is 1.91. The second-order valence-corrected chi connectivity index (χ2v) is 6.35. The van der Waals surface area contributed by atoms with E-state index in [1.807, 2.05) is 11.8 Å². The highest BCUT2D eigenvalue weighted by molar-refractivity contribution is 7.98. The molecule has 0 bridgehead atoms. The van der Waals surface area contributed by atoms with Crippen molar-refractivity contribution < 1.29 is 9.53 Å². The smallest absolute Gasteiger partial charge is 0.323 e. The van der Waals surface area contributed by atoms with Gasteiger partial charge in [-0.1, -0.05) is 44.5 Å². The van der Waals surface area contributed by atoms with Crippen LogP contribution in [0.1, 0.15) is 37.4 Å². The summed E-state index contributed by atoms with van der Waals surface area (Å²) in [4.78, 5) is 12.0. The first kappa shape index (κ1) is 15.4. The van der Waals surface area contributed by atoms with Gasteiger partial charge in [0, 0.05) is 17.5 Å². The van der Waals surface area contributed by atoms with Crippen LogP contribution in [-0.4, -0.2) is 24.9 Å². The molecule has 110 valence electrons. The first-order valence-corrected chi connectivity index (χ1v) is 8.32. The second-order valence-electron chi connectivity index (χ2n) is 5.32. The summed E-state index contributed by atoms with van der Waals surface area (Å²) < 4.78 is 4.96. The molecule has 3 unspecified atom stereocenters. The lowest BCUT2D eigenvalue weighted by Gasteiger charge is -2.31. The van der Waals surface area contributed by atoms with E-state index in [2.05, 4.69) is 43.4 Å². The molecule has 4 heteroatoms. The fraction of sp³-hybridized carbons (Fsp3) is 0.562. The zero-order chi connectivity index (χ0) is 14.5. The molecule has 1 aromatic rings. The van der Waals surface area contributed by atoms with E-state index in [1.54, 1.807) is 0 Å². The summed E-state index contributed by atoms with van der Waals surface area (Å²) in [6.45, 7) is 4.20. The van der Waals surface area contributed by atoms with Crippen molar-refractivity contribution in [2.24, 2.45) is 5.92 Å². The number of methoxy groups -OCH3 is 1. The number of hydrogen-bond acceptors (Lipinski definition) is 4. The van der Waals surface area contributed by atoms with Crippen LogP contribution in [0.3, 0.4) is 0 Å². The van der Waals surface area contributed by atoms with Gasteiger partial charge >= 0.3 is 5.97 Å². The molecule has 2 rings (SSSR count). The molecule has 20 heavy (non-hydrogen) atoms. The largest absolute Gasteiger partial charge is 0.468 e. The Bertz CT molecular complexity index is 464. The Morgan fingerprint density at radius 1 is 1.50 bits per heavy atom. The molecular weight excluding hydrogens is 270 g/mol. The minimum atomic E-state index is -0.234. The summed E-state index contributed by atoms with van der Waals surface area (Å²) in [5, 5.41) is 3.52. The van der Waals surface area contributed by atoms with Crippen molar-refractivity contribution in [2.45, 2.75) is 38.1 Å². The van der Waals surface area contributed by atoms with Gasteiger partial charge in [0.15, 0.2) is 0 Å². The van der Waals surface area contributed by atoms with Crippen LogP contribution in [0.5, 0.6) is 0 Å². The Morgan fingerprint density at radius 3 is 2.95 bits per heavy atom. The molecule has 0 saturated carbocycles. The van der Waals surface area contributed by atoms with E-state index in [-0.39, 0.29) is 24.0 Å². The van der Waals surface area contributed by atoms with Gasteiger partial charge in [0.05, 0.1) is 7.11 Å². The van der Waals surface area contributed by atoms with Crippen molar-refractivity contribution in [3.05, 3.63) is 35.4 Å². The first-order valence-electron chi connectivity index (χ1n) is 7.16. The van der Waals surface area contributed by atoms with Crippen LogP contribution in [0.4, 0.5) is 0 Å². The number of thioether (sulfide) groups is 1. The third-order valence-corrected chi connectivity index (χ3v) is 5.11. The lowest BCUT2D eigenvalue weighted by molar-refractivity contribution is -0.144. The van der Waals surface area contributed by atoms with Crippen molar-refractivity contribution in [2.75, 3.05) is 12.9 Å². The fourth-order valence-corrected chi connectivity index (χ4v) is 3.68. The van der Waals surface area contributed by atoms with Crippen LogP contribution in [0.2, 0.25) is 0 Å². The zero-order valence-electron chi connectivity index (χ0n) is 12.4. The van der Waals surface area contributed by atoms with Crippen molar-refractivity contribution in [1.82, 2.24) is 5.32 Å². The van der Waals surface area contributed by atoms with Gasteiger partial charge in [0.25, 0.3) is 0 Å². The predicted molar refractivity (Wildman–Crippen MR) is 83.7 cm³/mol. The van der Waals surface area contributed by atoms with Gasteiger partial charge in [-0.15, -0.1) is 0 Å². The van der Waals surface area contributed by atoms with Crippen molar-refractivity contribution in [3.8, 4) is 0 Å². The van der Waals surface area contributed by atoms with Crippen LogP contribution in [0, 0.1) is 5.92 Å². The number of ether oxygens (including phenoxy) is 1. The van der Waals surface area contributed by atoms with E-state index >= 15 is 0 Å². The van der Waals surface area contributed by atoms with Gasteiger partial charge in [0.2, 0.25) is 0 Å². The van der Waals surface area contributed by atoms with Crippen LogP contribution in [0.25, 0.3) is 0 Å². The monoisotopic (exact) mass is 293 g/mol. The number of nitrogens with one attached hydrogen (secondary N) is 1. The third kappa shape index (κ3) is 3.36. The molecule has 3 atom stereocenters. The molecule has 0 amide bonds. The molecule has 0 fully saturated rings. The Hall–Kier alpha value is -1.00. The van der Waals surface area contributed by atoms with Gasteiger partial charge in [-0.3, -0.25) is 10.1 Å². The van der Waals surface area contributed by atoms with Gasteiger partial charge in [-0.2, -0.15) is 11.8 Å². The molecule has 1 aromatic carbocycles. The highest BCUT2D eigenvalue weighted by atomic mass is 32.2. The standard InChI is InChI=1S/C16H23NO2S/c1-4-11(2)15(16(18)19-3)17-14-10-20-9-12-7-5-6-8-13(12)14/h5-8,11,14-15,17H,4,9-10H2,1-3H3. The Balaban J connectivity index is 2.17. The minimum Gasteiger partial charge on any atom is -0.468 e. The van der Waals surface area contributed by atoms with Crippen molar-refractivity contribution in [1.29, 1.82) is 0 Å². The average molecular weight is 293 g/mol. The number of rotatable bonds is 5. The number of carbonyl (C=O) groups is 1. The average Bonchev–Trinajstić information content (AvgIpc) is 2.51. The van der Waals surface area contributed by atoms with E-state index in [9.17, 15) is 4.79 Å². The zero-order valence-corrected chi connectivity index (χ0v) is 13.2. The van der Waals surface area contributed by atoms with Crippen LogP contribution < -0.4 is 5.32 Å². The van der Waals surface area contributed by atoms with Crippen molar-refractivity contribution >= 4 is 17.7 Å². The van der Waals surface area contributed by atoms with Gasteiger partial charge in [0.1, 0.15) is 6.04 Å². The van der Waals surface area contributed by atoms with E-state index < -0.39 is 0 Å². The molecule has 1 N–H and O–H groups in total. The molecule has 0 radical (unpaired) electrons. The molecule has 0 aliphatic carbocycles. The Kier molecular flexibility index (Phi) is 5.49. The number of hydrogen-bond donors (Lipinski definition) is 1. The molecule has 0 aromatic heterocycles. The lowest BCUT2D eigenvalue weighted by atomic mass is 9.95. The summed E-state index contributed by atoms with van der Waals surface area (Å²) in [7, 11) is 1.46. The highest BCUT2D eigenvalue weighted by Crippen LogP contribution is 2.32. The topological polar surface area (TPSA) is 38.3 Å². The van der Waals surface area contributed by atoms with E-state index in [0.717, 1.165) is 17.9 Å². The highest BCUT2D eigenvalue weighted by Gasteiger charge is 2.30. The van der Waals surface area contributed by atoms with Crippen LogP contribution in [-0.2, 0) is 15.3 Å². The molecule has 1 aliphatic rings. The third-order valence-electron chi connectivity index (χ3n) is 4.02. The maximum atomic E-state index is 12.0. The Morgan fingerprint density at radius 2 is 2.25 bits per heavy atom. The number of carbonyl (C=O) groups excluding carboxylic acids is 1. The minimum absolute atomic E-state index is 0.160. The number of fused-ring (bicyclic) bond motifs is 1. The maximum absolute atomic E-state index is 12.0. The van der Waals surface area contributed by atoms with Crippen LogP contribution >= 0.6 is 11.8 Å². The normalized spacial score (nSPS) is 20.9. The SMILES string of the molecule is CCC(C)C(NC1CSCc2ccccc21)C(=O)OC. The summed E-state index contributed by atoms with van der Waals surface area (Å²) in [6.07, 6.45) is 0.953. The maximum Gasteiger partial charge on any atom is 0.323 e. The molecule has 1 heterocycles. The lowest BCUT2D eigenvalue weighted by Crippen LogP contribution is -2.45. The number of esters is 1. The van der Waals surface area contributed by atoms with Gasteiger partial charge < -0.3 is 4.74 Å². The first-order chi connectivity index (χ1) is 9.67. The summed E-state index contributed by atoms with van der Waals surface area (Å²) in [6, 6.07) is 8.48. The molecule has 0 saturated heterocycles. The number of benzene rings is 1. The molecular formula is C16H23NO2S. The Labute approximate surface area is 125 Å².